The van der Waals surface area contributed by atoms with Crippen LogP contribution in [0.3, 0.4) is 0 Å². The fourth-order valence-electron chi connectivity index (χ4n) is 4.34. The van der Waals surface area contributed by atoms with Crippen molar-refractivity contribution >= 4 is 17.8 Å². The Morgan fingerprint density at radius 3 is 2.63 bits per heavy atom. The fraction of sp³-hybridized carbons (Fsp3) is 0.571. The maximum absolute atomic E-state index is 13.0. The zero-order chi connectivity index (χ0) is 21.1. The summed E-state index contributed by atoms with van der Waals surface area (Å²) >= 11 is 0. The van der Waals surface area contributed by atoms with Crippen LogP contribution in [0.2, 0.25) is 0 Å². The Labute approximate surface area is 175 Å². The highest BCUT2D eigenvalue weighted by molar-refractivity contribution is 6.00. The van der Waals surface area contributed by atoms with E-state index in [0.717, 1.165) is 25.7 Å². The van der Waals surface area contributed by atoms with E-state index in [9.17, 15) is 14.4 Å². The molecule has 2 aromatic heterocycles. The van der Waals surface area contributed by atoms with E-state index >= 15 is 0 Å². The number of aryl methyl sites for hydroxylation is 1. The predicted molar refractivity (Wildman–Crippen MR) is 111 cm³/mol. The Morgan fingerprint density at radius 1 is 1.10 bits per heavy atom. The first-order valence-corrected chi connectivity index (χ1v) is 10.7. The van der Waals surface area contributed by atoms with E-state index < -0.39 is 6.04 Å². The van der Waals surface area contributed by atoms with Crippen molar-refractivity contribution in [2.45, 2.75) is 63.5 Å². The first kappa shape index (κ1) is 20.3. The summed E-state index contributed by atoms with van der Waals surface area (Å²) in [4.78, 5) is 43.7. The molecule has 2 aliphatic rings. The maximum Gasteiger partial charge on any atom is 0.254 e. The van der Waals surface area contributed by atoms with Gasteiger partial charge in [0.2, 0.25) is 11.9 Å². The minimum atomic E-state index is -0.600. The highest BCUT2D eigenvalue weighted by atomic mass is 16.2. The smallest absolute Gasteiger partial charge is 0.254 e. The van der Waals surface area contributed by atoms with Crippen LogP contribution in [0, 0.1) is 0 Å². The third-order valence-electron chi connectivity index (χ3n) is 6.11. The lowest BCUT2D eigenvalue weighted by molar-refractivity contribution is -0.121. The van der Waals surface area contributed by atoms with Crippen molar-refractivity contribution in [2.24, 2.45) is 7.05 Å². The van der Waals surface area contributed by atoms with Crippen molar-refractivity contribution in [2.75, 3.05) is 11.9 Å². The minimum Gasteiger partial charge on any atom is -0.327 e. The Morgan fingerprint density at radius 2 is 1.87 bits per heavy atom. The molecule has 2 fully saturated rings. The summed E-state index contributed by atoms with van der Waals surface area (Å²) in [5.41, 5.74) is 0.0498. The number of aromatic nitrogens is 4. The van der Waals surface area contributed by atoms with E-state index in [1.54, 1.807) is 30.5 Å². The SMILES string of the molecule is Cn1ccc(C(=O)N2CCCCC2C(=O)Nc2ncn(C3CCCCC3)n2)cc1=O. The lowest BCUT2D eigenvalue weighted by atomic mass is 9.96. The first-order chi connectivity index (χ1) is 14.5. The van der Waals surface area contributed by atoms with Gasteiger partial charge < -0.3 is 9.47 Å². The van der Waals surface area contributed by atoms with Gasteiger partial charge in [-0.25, -0.2) is 9.67 Å². The van der Waals surface area contributed by atoms with Gasteiger partial charge in [0, 0.05) is 31.4 Å². The van der Waals surface area contributed by atoms with Crippen LogP contribution in [0.4, 0.5) is 5.95 Å². The third-order valence-corrected chi connectivity index (χ3v) is 6.11. The van der Waals surface area contributed by atoms with E-state index in [4.69, 9.17) is 0 Å². The molecular weight excluding hydrogens is 384 g/mol. The van der Waals surface area contributed by atoms with Crippen LogP contribution in [0.5, 0.6) is 0 Å². The van der Waals surface area contributed by atoms with Crippen LogP contribution < -0.4 is 10.9 Å². The molecule has 160 valence electrons. The predicted octanol–water partition coefficient (Wildman–Crippen LogP) is 2.12. The van der Waals surface area contributed by atoms with Crippen LogP contribution in [-0.2, 0) is 11.8 Å². The summed E-state index contributed by atoms with van der Waals surface area (Å²) < 4.78 is 3.25. The van der Waals surface area contributed by atoms with Gasteiger partial charge in [-0.2, -0.15) is 0 Å². The number of hydrogen-bond acceptors (Lipinski definition) is 5. The molecule has 0 spiro atoms. The Bertz CT molecular complexity index is 975. The molecule has 1 N–H and O–H groups in total. The minimum absolute atomic E-state index is 0.253. The highest BCUT2D eigenvalue weighted by Crippen LogP contribution is 2.27. The second kappa shape index (κ2) is 8.81. The van der Waals surface area contributed by atoms with Crippen molar-refractivity contribution in [3.8, 4) is 0 Å². The van der Waals surface area contributed by atoms with Gasteiger partial charge >= 0.3 is 0 Å². The Kier molecular flexibility index (Phi) is 5.96. The zero-order valence-electron chi connectivity index (χ0n) is 17.3. The van der Waals surface area contributed by atoms with Gasteiger partial charge in [0.1, 0.15) is 12.4 Å². The number of pyridine rings is 1. The average molecular weight is 412 g/mol. The number of amides is 2. The lowest BCUT2D eigenvalue weighted by Crippen LogP contribution is -2.50. The standard InChI is InChI=1S/C21H28N6O3/c1-25-12-10-15(13-18(25)28)20(30)26-11-6-5-9-17(26)19(29)23-21-22-14-27(24-21)16-7-3-2-4-8-16/h10,12-14,16-17H,2-9,11H2,1H3,(H,23,24,29). The molecule has 3 heterocycles. The van der Waals surface area contributed by atoms with Crippen molar-refractivity contribution in [3.63, 3.8) is 0 Å². The molecule has 1 saturated heterocycles. The summed E-state index contributed by atoms with van der Waals surface area (Å²) in [6.07, 6.45) is 11.3. The van der Waals surface area contributed by atoms with E-state index in [2.05, 4.69) is 15.4 Å². The summed E-state index contributed by atoms with van der Waals surface area (Å²) in [5, 5.41) is 7.23. The molecule has 1 aliphatic heterocycles. The van der Waals surface area contributed by atoms with Gasteiger partial charge in [-0.15, -0.1) is 5.10 Å². The van der Waals surface area contributed by atoms with Crippen LogP contribution in [0.15, 0.2) is 29.5 Å². The molecule has 0 bridgehead atoms. The third kappa shape index (κ3) is 4.29. The van der Waals surface area contributed by atoms with Crippen LogP contribution in [-0.4, -0.2) is 48.6 Å². The van der Waals surface area contributed by atoms with Crippen molar-refractivity contribution in [1.29, 1.82) is 0 Å². The fourth-order valence-corrected chi connectivity index (χ4v) is 4.34. The topological polar surface area (TPSA) is 102 Å². The molecular formula is C21H28N6O3. The molecule has 9 heteroatoms. The van der Waals surface area contributed by atoms with Crippen LogP contribution >= 0.6 is 0 Å². The Hall–Kier alpha value is -2.97. The normalized spacial score (nSPS) is 20.2. The van der Waals surface area contributed by atoms with Crippen molar-refractivity contribution in [3.05, 3.63) is 40.6 Å². The van der Waals surface area contributed by atoms with Gasteiger partial charge in [-0.1, -0.05) is 19.3 Å². The largest absolute Gasteiger partial charge is 0.327 e. The molecule has 4 rings (SSSR count). The molecule has 1 saturated carbocycles. The van der Waals surface area contributed by atoms with Gasteiger partial charge in [-0.3, -0.25) is 19.7 Å². The molecule has 0 radical (unpaired) electrons. The monoisotopic (exact) mass is 412 g/mol. The number of likely N-dealkylation sites (tertiary alicyclic amines) is 1. The van der Waals surface area contributed by atoms with E-state index in [-0.39, 0.29) is 23.3 Å². The van der Waals surface area contributed by atoms with E-state index in [1.165, 1.54) is 29.9 Å². The number of hydrogen-bond donors (Lipinski definition) is 1. The number of nitrogens with zero attached hydrogens (tertiary/aromatic N) is 5. The van der Waals surface area contributed by atoms with Crippen molar-refractivity contribution < 1.29 is 9.59 Å². The lowest BCUT2D eigenvalue weighted by Gasteiger charge is -2.34. The molecule has 2 aromatic rings. The van der Waals surface area contributed by atoms with Crippen LogP contribution in [0.1, 0.15) is 67.8 Å². The van der Waals surface area contributed by atoms with Crippen LogP contribution in [0.25, 0.3) is 0 Å². The number of piperidine rings is 1. The molecule has 0 aromatic carbocycles. The highest BCUT2D eigenvalue weighted by Gasteiger charge is 2.33. The number of nitrogens with one attached hydrogen (secondary N) is 1. The molecule has 1 unspecified atom stereocenters. The van der Waals surface area contributed by atoms with E-state index in [0.29, 0.717) is 24.6 Å². The number of carbonyl (C=O) groups excluding carboxylic acids is 2. The quantitative estimate of drug-likeness (QED) is 0.829. The van der Waals surface area contributed by atoms with Gasteiger partial charge in [0.15, 0.2) is 0 Å². The zero-order valence-corrected chi connectivity index (χ0v) is 17.3. The van der Waals surface area contributed by atoms with Gasteiger partial charge in [0.05, 0.1) is 6.04 Å². The summed E-state index contributed by atoms with van der Waals surface area (Å²) in [6, 6.07) is 2.67. The maximum atomic E-state index is 13.0. The second-order valence-corrected chi connectivity index (χ2v) is 8.20. The Balaban J connectivity index is 1.46. The molecule has 9 nitrogen and oxygen atoms in total. The molecule has 2 amide bonds. The number of carbonyl (C=O) groups is 2. The summed E-state index contributed by atoms with van der Waals surface area (Å²) in [7, 11) is 1.63. The van der Waals surface area contributed by atoms with Crippen molar-refractivity contribution in [1.82, 2.24) is 24.2 Å². The van der Waals surface area contributed by atoms with E-state index in [1.807, 2.05) is 4.68 Å². The summed E-state index contributed by atoms with van der Waals surface area (Å²) in [5.74, 6) is -0.307. The second-order valence-electron chi connectivity index (χ2n) is 8.20. The van der Waals surface area contributed by atoms with Gasteiger partial charge in [-0.05, 0) is 38.2 Å². The molecule has 1 aliphatic carbocycles. The number of anilines is 1. The number of rotatable bonds is 4. The molecule has 30 heavy (non-hydrogen) atoms. The molecule has 1 atom stereocenters. The summed E-state index contributed by atoms with van der Waals surface area (Å²) in [6.45, 7) is 0.482. The van der Waals surface area contributed by atoms with Gasteiger partial charge in [0.25, 0.3) is 11.5 Å². The first-order valence-electron chi connectivity index (χ1n) is 10.7. The average Bonchev–Trinajstić information content (AvgIpc) is 3.24.